The molecule has 0 bridgehead atoms. The Kier molecular flexibility index (Phi) is 4.41. The Morgan fingerprint density at radius 3 is 2.36 bits per heavy atom. The highest BCUT2D eigenvalue weighted by molar-refractivity contribution is 5.84. The Morgan fingerprint density at radius 2 is 1.76 bits per heavy atom. The van der Waals surface area contributed by atoms with Crippen molar-refractivity contribution in [3.63, 3.8) is 0 Å². The number of nitrogens with zero attached hydrogens (tertiary/aromatic N) is 1. The van der Waals surface area contributed by atoms with Crippen molar-refractivity contribution in [3.8, 4) is 11.5 Å². The fraction of sp³-hybridized carbons (Fsp3) is 0.333. The van der Waals surface area contributed by atoms with Gasteiger partial charge in [0.25, 0.3) is 0 Å². The highest BCUT2D eigenvalue weighted by atomic mass is 19.4. The van der Waals surface area contributed by atoms with Gasteiger partial charge in [-0.05, 0) is 36.2 Å². The largest absolute Gasteiger partial charge is 0.496 e. The van der Waals surface area contributed by atoms with E-state index in [0.29, 0.717) is 23.8 Å². The molecule has 0 saturated carbocycles. The Hall–Kier alpha value is -2.57. The maximum atomic E-state index is 12.9. The Bertz CT molecular complexity index is 791. The first kappa shape index (κ1) is 17.3. The molecule has 1 heterocycles. The van der Waals surface area contributed by atoms with Gasteiger partial charge < -0.3 is 19.7 Å². The van der Waals surface area contributed by atoms with Crippen molar-refractivity contribution in [3.05, 3.63) is 41.5 Å². The number of aryl methyl sites for hydroxylation is 1. The number of benzene rings is 2. The lowest BCUT2D eigenvalue weighted by Gasteiger charge is -2.23. The van der Waals surface area contributed by atoms with E-state index >= 15 is 0 Å². The summed E-state index contributed by atoms with van der Waals surface area (Å²) in [6.07, 6.45) is -3.60. The number of nitrogens with one attached hydrogen (secondary N) is 1. The number of ether oxygens (including phenoxy) is 2. The van der Waals surface area contributed by atoms with Crippen molar-refractivity contribution < 1.29 is 22.6 Å². The molecule has 3 rings (SSSR count). The van der Waals surface area contributed by atoms with Crippen LogP contribution in [0.25, 0.3) is 0 Å². The molecule has 2 aromatic carbocycles. The van der Waals surface area contributed by atoms with Crippen molar-refractivity contribution in [1.82, 2.24) is 0 Å². The van der Waals surface area contributed by atoms with Crippen LogP contribution >= 0.6 is 0 Å². The van der Waals surface area contributed by atoms with E-state index < -0.39 is 11.7 Å². The first-order chi connectivity index (χ1) is 11.9. The van der Waals surface area contributed by atoms with Crippen molar-refractivity contribution in [1.29, 1.82) is 0 Å². The van der Waals surface area contributed by atoms with Crippen LogP contribution in [0, 0.1) is 0 Å². The molecule has 0 fully saturated rings. The first-order valence-corrected chi connectivity index (χ1v) is 7.86. The minimum atomic E-state index is -4.36. The summed E-state index contributed by atoms with van der Waals surface area (Å²) in [4.78, 5) is 1.90. The second kappa shape index (κ2) is 6.38. The summed E-state index contributed by atoms with van der Waals surface area (Å²) in [6.45, 7) is 2.38. The van der Waals surface area contributed by atoms with Crippen molar-refractivity contribution in [2.24, 2.45) is 0 Å². The molecule has 0 amide bonds. The zero-order chi connectivity index (χ0) is 18.2. The van der Waals surface area contributed by atoms with E-state index in [2.05, 4.69) is 5.32 Å². The molecule has 0 spiro atoms. The lowest BCUT2D eigenvalue weighted by Crippen LogP contribution is -2.17. The SMILES string of the molecule is CCc1cc(N2CNc3cc(C(F)(F)F)ccc32)c(OC)cc1OC. The second-order valence-electron chi connectivity index (χ2n) is 5.68. The molecule has 0 saturated heterocycles. The van der Waals surface area contributed by atoms with Gasteiger partial charge in [0.1, 0.15) is 11.5 Å². The number of alkyl halides is 3. The van der Waals surface area contributed by atoms with Crippen molar-refractivity contribution in [2.75, 3.05) is 31.1 Å². The molecule has 1 aliphatic rings. The van der Waals surface area contributed by atoms with Gasteiger partial charge in [0, 0.05) is 6.07 Å². The molecule has 0 atom stereocenters. The van der Waals surface area contributed by atoms with Crippen LogP contribution in [0.2, 0.25) is 0 Å². The predicted octanol–water partition coefficient (Wildman–Crippen LogP) is 4.81. The lowest BCUT2D eigenvalue weighted by molar-refractivity contribution is -0.137. The summed E-state index contributed by atoms with van der Waals surface area (Å²) in [5.41, 5.74) is 2.24. The highest BCUT2D eigenvalue weighted by Gasteiger charge is 2.33. The fourth-order valence-corrected chi connectivity index (χ4v) is 2.99. The summed E-state index contributed by atoms with van der Waals surface area (Å²) in [5, 5.41) is 3.02. The van der Waals surface area contributed by atoms with Crippen LogP contribution in [0.4, 0.5) is 30.2 Å². The molecule has 7 heteroatoms. The predicted molar refractivity (Wildman–Crippen MR) is 91.0 cm³/mol. The molecule has 25 heavy (non-hydrogen) atoms. The minimum absolute atomic E-state index is 0.364. The number of halogens is 3. The minimum Gasteiger partial charge on any atom is -0.496 e. The van der Waals surface area contributed by atoms with Gasteiger partial charge in [-0.2, -0.15) is 13.2 Å². The molecule has 134 valence electrons. The Labute approximate surface area is 144 Å². The van der Waals surface area contributed by atoms with Crippen LogP contribution < -0.4 is 19.7 Å². The number of rotatable bonds is 4. The summed E-state index contributed by atoms with van der Waals surface area (Å²) in [5.74, 6) is 1.33. The van der Waals surface area contributed by atoms with Crippen molar-refractivity contribution in [2.45, 2.75) is 19.5 Å². The van der Waals surface area contributed by atoms with Gasteiger partial charge in [0.15, 0.2) is 0 Å². The second-order valence-corrected chi connectivity index (χ2v) is 5.68. The number of methoxy groups -OCH3 is 2. The average Bonchev–Trinajstić information content (AvgIpc) is 3.02. The topological polar surface area (TPSA) is 33.7 Å². The first-order valence-electron chi connectivity index (χ1n) is 7.86. The molecule has 0 radical (unpaired) electrons. The fourth-order valence-electron chi connectivity index (χ4n) is 2.99. The lowest BCUT2D eigenvalue weighted by atomic mass is 10.1. The summed E-state index contributed by atoms with van der Waals surface area (Å²) in [6, 6.07) is 7.46. The molecule has 0 aromatic heterocycles. The van der Waals surface area contributed by atoms with E-state index in [4.69, 9.17) is 9.47 Å². The number of fused-ring (bicyclic) bond motifs is 1. The van der Waals surface area contributed by atoms with Crippen molar-refractivity contribution >= 4 is 17.1 Å². The third-order valence-electron chi connectivity index (χ3n) is 4.30. The molecule has 4 nitrogen and oxygen atoms in total. The van der Waals surface area contributed by atoms with Crippen LogP contribution in [0.1, 0.15) is 18.1 Å². The Balaban J connectivity index is 2.06. The van der Waals surface area contributed by atoms with E-state index in [-0.39, 0.29) is 0 Å². The van der Waals surface area contributed by atoms with Gasteiger partial charge in [-0.1, -0.05) is 6.92 Å². The van der Waals surface area contributed by atoms with E-state index in [9.17, 15) is 13.2 Å². The molecule has 1 aliphatic heterocycles. The van der Waals surface area contributed by atoms with Gasteiger partial charge in [0.05, 0.1) is 43.5 Å². The van der Waals surface area contributed by atoms with E-state index in [1.54, 1.807) is 20.3 Å². The molecular weight excluding hydrogens is 333 g/mol. The summed E-state index contributed by atoms with van der Waals surface area (Å²) in [7, 11) is 3.15. The summed E-state index contributed by atoms with van der Waals surface area (Å²) < 4.78 is 49.5. The molecular formula is C18H19F3N2O2. The molecule has 2 aromatic rings. The van der Waals surface area contributed by atoms with Gasteiger partial charge in [-0.15, -0.1) is 0 Å². The zero-order valence-electron chi connectivity index (χ0n) is 14.2. The Morgan fingerprint density at radius 1 is 1.04 bits per heavy atom. The number of hydrogen-bond donors (Lipinski definition) is 1. The van der Waals surface area contributed by atoms with Gasteiger partial charge in [-0.25, -0.2) is 0 Å². The van der Waals surface area contributed by atoms with Crippen LogP contribution in [-0.4, -0.2) is 20.9 Å². The third kappa shape index (κ3) is 3.06. The zero-order valence-corrected chi connectivity index (χ0v) is 14.2. The average molecular weight is 352 g/mol. The molecule has 0 aliphatic carbocycles. The smallest absolute Gasteiger partial charge is 0.416 e. The van der Waals surface area contributed by atoms with Crippen LogP contribution in [0.15, 0.2) is 30.3 Å². The quantitative estimate of drug-likeness (QED) is 0.856. The number of anilines is 3. The van der Waals surface area contributed by atoms with Crippen LogP contribution in [0.5, 0.6) is 11.5 Å². The van der Waals surface area contributed by atoms with E-state index in [1.165, 1.54) is 6.07 Å². The number of hydrogen-bond acceptors (Lipinski definition) is 4. The van der Waals surface area contributed by atoms with Gasteiger partial charge in [0.2, 0.25) is 0 Å². The molecule has 1 N–H and O–H groups in total. The maximum absolute atomic E-state index is 12.9. The van der Waals surface area contributed by atoms with E-state index in [1.807, 2.05) is 17.9 Å². The van der Waals surface area contributed by atoms with Crippen LogP contribution in [0.3, 0.4) is 0 Å². The molecule has 0 unspecified atom stereocenters. The highest BCUT2D eigenvalue weighted by Crippen LogP contribution is 2.45. The standard InChI is InChI=1S/C18H19F3N2O2/c1-4-11-7-15(17(25-3)9-16(11)24-2)23-10-22-13-8-12(18(19,20)21)5-6-14(13)23/h5-9,22H,4,10H2,1-3H3. The third-order valence-corrected chi connectivity index (χ3v) is 4.30. The normalized spacial score (nSPS) is 13.4. The van der Waals surface area contributed by atoms with Gasteiger partial charge in [-0.3, -0.25) is 0 Å². The summed E-state index contributed by atoms with van der Waals surface area (Å²) >= 11 is 0. The van der Waals surface area contributed by atoms with E-state index in [0.717, 1.165) is 35.6 Å². The van der Waals surface area contributed by atoms with Gasteiger partial charge >= 0.3 is 6.18 Å². The van der Waals surface area contributed by atoms with Crippen LogP contribution in [-0.2, 0) is 12.6 Å². The maximum Gasteiger partial charge on any atom is 0.416 e. The monoisotopic (exact) mass is 352 g/mol.